The van der Waals surface area contributed by atoms with Crippen molar-refractivity contribution in [2.24, 2.45) is 0 Å². The minimum atomic E-state index is -4.66. The molecule has 0 saturated heterocycles. The molecule has 0 spiro atoms. The van der Waals surface area contributed by atoms with Crippen LogP contribution in [-0.4, -0.2) is 76.9 Å². The topological polar surface area (TPSA) is 169 Å². The van der Waals surface area contributed by atoms with Crippen molar-refractivity contribution in [1.82, 2.24) is 0 Å². The molecule has 0 aliphatic heterocycles. The molecule has 0 aromatic heterocycles. The van der Waals surface area contributed by atoms with E-state index in [0.717, 1.165) is 51.4 Å². The third kappa shape index (κ3) is 38.3. The second-order valence-electron chi connectivity index (χ2n) is 13.9. The Morgan fingerprint density at radius 3 is 1.84 bits per heavy atom. The molecule has 4 N–H and O–H groups in total. The van der Waals surface area contributed by atoms with Crippen LogP contribution in [0, 0.1) is 0 Å². The lowest BCUT2D eigenvalue weighted by Gasteiger charge is -2.20. The molecule has 0 saturated carbocycles. The molecular formula is C44H75O11P. The fraction of sp³-hybridized carbons (Fsp3) is 0.682. The number of esters is 2. The molecule has 0 aromatic carbocycles. The summed E-state index contributed by atoms with van der Waals surface area (Å²) >= 11 is 0. The summed E-state index contributed by atoms with van der Waals surface area (Å²) in [7, 11) is -4.66. The maximum atomic E-state index is 12.6. The van der Waals surface area contributed by atoms with Gasteiger partial charge in [0, 0.05) is 12.8 Å². The Kier molecular flexibility index (Phi) is 37.4. The quantitative estimate of drug-likeness (QED) is 0.0154. The molecular weight excluding hydrogens is 735 g/mol. The summed E-state index contributed by atoms with van der Waals surface area (Å²) in [6.07, 6.45) is 40.4. The number of hydrogen-bond donors (Lipinski definition) is 4. The summed E-state index contributed by atoms with van der Waals surface area (Å²) in [4.78, 5) is 34.9. The van der Waals surface area contributed by atoms with Crippen molar-refractivity contribution in [2.45, 2.75) is 167 Å². The first-order chi connectivity index (χ1) is 27.1. The van der Waals surface area contributed by atoms with Crippen LogP contribution in [0.3, 0.4) is 0 Å². The molecule has 2 unspecified atom stereocenters. The zero-order valence-electron chi connectivity index (χ0n) is 34.4. The van der Waals surface area contributed by atoms with Crippen LogP contribution < -0.4 is 0 Å². The zero-order valence-corrected chi connectivity index (χ0v) is 35.3. The number of phosphoric acid groups is 1. The predicted molar refractivity (Wildman–Crippen MR) is 225 cm³/mol. The van der Waals surface area contributed by atoms with Gasteiger partial charge in [0.1, 0.15) is 12.7 Å². The standard InChI is InChI=1S/C44H75O11P/c1-3-5-7-9-11-13-14-15-16-17-18-20-22-26-30-34-43(48)52-38-42(39-54-56(50,51)53-37-41(47)36-45)55-44(49)35-31-27-23-25-29-33-40(46)32-28-24-21-19-12-10-8-6-4-2/h12-16,19,23-25,28-29,33,40-42,45-47H,3-11,17-18,20-22,26-27,30-32,34-39H2,1-2H3,(H,50,51)/b14-13-,16-15-,19-12-,25-23+,28-24-,33-29-/t40?,41-,42+/m0/s1. The van der Waals surface area contributed by atoms with Gasteiger partial charge in [-0.05, 0) is 70.6 Å². The summed E-state index contributed by atoms with van der Waals surface area (Å²) in [6, 6.07) is 0. The molecule has 0 aliphatic rings. The van der Waals surface area contributed by atoms with Gasteiger partial charge in [-0.15, -0.1) is 0 Å². The number of allylic oxidation sites excluding steroid dienone is 10. The van der Waals surface area contributed by atoms with E-state index in [1.807, 2.05) is 18.2 Å². The number of aliphatic hydroxyl groups excluding tert-OH is 3. The predicted octanol–water partition coefficient (Wildman–Crippen LogP) is 9.86. The zero-order chi connectivity index (χ0) is 41.4. The first kappa shape index (κ1) is 53.4. The van der Waals surface area contributed by atoms with Crippen LogP contribution in [0.2, 0.25) is 0 Å². The van der Waals surface area contributed by atoms with E-state index in [2.05, 4.69) is 54.8 Å². The van der Waals surface area contributed by atoms with Crippen LogP contribution in [0.25, 0.3) is 0 Å². The fourth-order valence-corrected chi connectivity index (χ4v) is 5.90. The maximum Gasteiger partial charge on any atom is 0.472 e. The van der Waals surface area contributed by atoms with Gasteiger partial charge in [-0.2, -0.15) is 0 Å². The van der Waals surface area contributed by atoms with Crippen molar-refractivity contribution in [3.05, 3.63) is 72.9 Å². The Bertz CT molecular complexity index is 1180. The fourth-order valence-electron chi connectivity index (χ4n) is 5.11. The Balaban J connectivity index is 4.55. The summed E-state index contributed by atoms with van der Waals surface area (Å²) in [6.45, 7) is 2.12. The smallest absolute Gasteiger partial charge is 0.462 e. The number of ether oxygens (including phenoxy) is 2. The Hall–Kier alpha value is -2.63. The molecule has 0 aromatic rings. The Morgan fingerprint density at radius 2 is 1.14 bits per heavy atom. The van der Waals surface area contributed by atoms with Gasteiger partial charge in [0.25, 0.3) is 0 Å². The van der Waals surface area contributed by atoms with E-state index in [1.54, 1.807) is 18.2 Å². The van der Waals surface area contributed by atoms with Crippen LogP contribution in [-0.2, 0) is 32.7 Å². The molecule has 0 amide bonds. The SMILES string of the molecule is CCCCC/C=C\C/C=C\CC(O)/C=C\C=C\CCCC(=O)O[C@H](COC(=O)CCCCCCC/C=C\C=C/CCCCCC)COP(=O)(O)OC[C@@H](O)CO. The molecule has 4 atom stereocenters. The van der Waals surface area contributed by atoms with Crippen molar-refractivity contribution in [3.63, 3.8) is 0 Å². The van der Waals surface area contributed by atoms with E-state index in [9.17, 15) is 29.3 Å². The number of unbranched alkanes of at least 4 members (excludes halogenated alkanes) is 13. The van der Waals surface area contributed by atoms with Crippen molar-refractivity contribution in [3.8, 4) is 0 Å². The number of rotatable bonds is 38. The molecule has 322 valence electrons. The molecule has 11 nitrogen and oxygen atoms in total. The Morgan fingerprint density at radius 1 is 0.607 bits per heavy atom. The normalized spacial score (nSPS) is 15.2. The van der Waals surface area contributed by atoms with Crippen LogP contribution in [0.15, 0.2) is 72.9 Å². The van der Waals surface area contributed by atoms with E-state index in [1.165, 1.54) is 44.9 Å². The van der Waals surface area contributed by atoms with Gasteiger partial charge in [0.15, 0.2) is 6.10 Å². The van der Waals surface area contributed by atoms with E-state index < -0.39 is 57.9 Å². The van der Waals surface area contributed by atoms with E-state index in [4.69, 9.17) is 19.1 Å². The molecule has 0 heterocycles. The van der Waals surface area contributed by atoms with Gasteiger partial charge in [0.2, 0.25) is 0 Å². The highest BCUT2D eigenvalue weighted by atomic mass is 31.2. The van der Waals surface area contributed by atoms with Gasteiger partial charge in [-0.25, -0.2) is 4.57 Å². The lowest BCUT2D eigenvalue weighted by Crippen LogP contribution is -2.29. The summed E-state index contributed by atoms with van der Waals surface area (Å²) in [5, 5.41) is 28.4. The highest BCUT2D eigenvalue weighted by molar-refractivity contribution is 7.47. The largest absolute Gasteiger partial charge is 0.472 e. The minimum Gasteiger partial charge on any atom is -0.462 e. The maximum absolute atomic E-state index is 12.6. The number of hydrogen-bond acceptors (Lipinski definition) is 10. The number of carbonyl (C=O) groups excluding carboxylic acids is 2. The summed E-state index contributed by atoms with van der Waals surface area (Å²) in [5.41, 5.74) is 0. The second-order valence-corrected chi connectivity index (χ2v) is 15.3. The van der Waals surface area contributed by atoms with Gasteiger partial charge in [-0.1, -0.05) is 138 Å². The highest BCUT2D eigenvalue weighted by Gasteiger charge is 2.27. The van der Waals surface area contributed by atoms with E-state index in [0.29, 0.717) is 25.7 Å². The second kappa shape index (κ2) is 39.2. The van der Waals surface area contributed by atoms with Gasteiger partial charge < -0.3 is 29.7 Å². The molecule has 0 bridgehead atoms. The first-order valence-corrected chi connectivity index (χ1v) is 22.5. The van der Waals surface area contributed by atoms with Gasteiger partial charge >= 0.3 is 19.8 Å². The van der Waals surface area contributed by atoms with Crippen molar-refractivity contribution in [2.75, 3.05) is 26.4 Å². The third-order valence-corrected chi connectivity index (χ3v) is 9.39. The molecule has 56 heavy (non-hydrogen) atoms. The molecule has 0 aliphatic carbocycles. The van der Waals surface area contributed by atoms with Gasteiger partial charge in [-0.3, -0.25) is 18.6 Å². The minimum absolute atomic E-state index is 0.0422. The molecule has 0 rings (SSSR count). The molecule has 0 radical (unpaired) electrons. The monoisotopic (exact) mass is 811 g/mol. The molecule has 12 heteroatoms. The van der Waals surface area contributed by atoms with Crippen molar-refractivity contribution >= 4 is 19.8 Å². The van der Waals surface area contributed by atoms with Crippen LogP contribution >= 0.6 is 7.82 Å². The first-order valence-electron chi connectivity index (χ1n) is 21.0. The van der Waals surface area contributed by atoms with Gasteiger partial charge in [0.05, 0.1) is 25.9 Å². The highest BCUT2D eigenvalue weighted by Crippen LogP contribution is 2.43. The number of aliphatic hydroxyl groups is 3. The van der Waals surface area contributed by atoms with E-state index in [-0.39, 0.29) is 19.4 Å². The number of carbonyl (C=O) groups is 2. The van der Waals surface area contributed by atoms with E-state index >= 15 is 0 Å². The number of phosphoric ester groups is 1. The van der Waals surface area contributed by atoms with Crippen molar-refractivity contribution < 1.29 is 52.9 Å². The average Bonchev–Trinajstić information content (AvgIpc) is 3.18. The van der Waals surface area contributed by atoms with Crippen LogP contribution in [0.4, 0.5) is 0 Å². The third-order valence-electron chi connectivity index (χ3n) is 8.44. The average molecular weight is 811 g/mol. The molecule has 0 fully saturated rings. The summed E-state index contributed by atoms with van der Waals surface area (Å²) < 4.78 is 32.5. The van der Waals surface area contributed by atoms with Crippen LogP contribution in [0.5, 0.6) is 0 Å². The van der Waals surface area contributed by atoms with Crippen molar-refractivity contribution in [1.29, 1.82) is 0 Å². The lowest BCUT2D eigenvalue weighted by molar-refractivity contribution is -0.161. The van der Waals surface area contributed by atoms with Crippen LogP contribution in [0.1, 0.15) is 149 Å². The Labute approximate surface area is 338 Å². The summed E-state index contributed by atoms with van der Waals surface area (Å²) in [5.74, 6) is -1.08. The lowest BCUT2D eigenvalue weighted by atomic mass is 10.1.